The molecule has 0 aliphatic rings. The van der Waals surface area contributed by atoms with Crippen LogP contribution >= 0.6 is 0 Å². The van der Waals surface area contributed by atoms with Crippen LogP contribution in [0.1, 0.15) is 23.9 Å². The van der Waals surface area contributed by atoms with E-state index < -0.39 is 0 Å². The Bertz CT molecular complexity index is 828. The van der Waals surface area contributed by atoms with Crippen LogP contribution in [0.15, 0.2) is 42.7 Å². The summed E-state index contributed by atoms with van der Waals surface area (Å²) >= 11 is 0. The average molecular weight is 323 g/mol. The highest BCUT2D eigenvalue weighted by molar-refractivity contribution is 5.42. The number of hydrogen-bond donors (Lipinski definition) is 1. The number of rotatable bonds is 6. The van der Waals surface area contributed by atoms with Gasteiger partial charge in [-0.25, -0.2) is 14.6 Å². The Morgan fingerprint density at radius 3 is 2.75 bits per heavy atom. The molecule has 6 heteroatoms. The fourth-order valence-corrected chi connectivity index (χ4v) is 2.52. The zero-order chi connectivity index (χ0) is 16.9. The molecule has 0 aliphatic heterocycles. The highest BCUT2D eigenvalue weighted by atomic mass is 16.5. The predicted octanol–water partition coefficient (Wildman–Crippen LogP) is 3.29. The van der Waals surface area contributed by atoms with Gasteiger partial charge in [-0.3, -0.25) is 0 Å². The molecule has 0 amide bonds. The summed E-state index contributed by atoms with van der Waals surface area (Å²) in [6.45, 7) is 7.28. The zero-order valence-corrected chi connectivity index (χ0v) is 14.2. The summed E-state index contributed by atoms with van der Waals surface area (Å²) in [6, 6.07) is 11.9. The van der Waals surface area contributed by atoms with Crippen molar-refractivity contribution in [3.8, 4) is 11.6 Å². The molecule has 2 heterocycles. The van der Waals surface area contributed by atoms with Crippen molar-refractivity contribution in [3.63, 3.8) is 0 Å². The highest BCUT2D eigenvalue weighted by Crippen LogP contribution is 2.16. The fraction of sp³-hybridized carbons (Fsp3) is 0.278. The highest BCUT2D eigenvalue weighted by Gasteiger charge is 2.06. The van der Waals surface area contributed by atoms with Crippen molar-refractivity contribution in [2.24, 2.45) is 0 Å². The molecule has 2 aromatic heterocycles. The first-order valence-electron chi connectivity index (χ1n) is 7.97. The standard InChI is InChI=1S/C18H21N5O/c1-4-24-16-7-5-6-15(9-16)11-19-17-10-18(21-12-20-17)23-14(3)8-13(2)22-23/h5-10,12H,4,11H2,1-3H3,(H,19,20,21). The number of hydrogen-bond acceptors (Lipinski definition) is 5. The van der Waals surface area contributed by atoms with Crippen molar-refractivity contribution in [2.45, 2.75) is 27.3 Å². The maximum atomic E-state index is 5.53. The summed E-state index contributed by atoms with van der Waals surface area (Å²) in [4.78, 5) is 8.59. The monoisotopic (exact) mass is 323 g/mol. The van der Waals surface area contributed by atoms with E-state index in [1.165, 1.54) is 0 Å². The number of ether oxygens (including phenoxy) is 1. The second-order valence-electron chi connectivity index (χ2n) is 5.53. The summed E-state index contributed by atoms with van der Waals surface area (Å²) in [7, 11) is 0. The van der Waals surface area contributed by atoms with Crippen LogP contribution in [0.5, 0.6) is 5.75 Å². The van der Waals surface area contributed by atoms with Crippen molar-refractivity contribution in [1.29, 1.82) is 0 Å². The molecule has 0 bridgehead atoms. The summed E-state index contributed by atoms with van der Waals surface area (Å²) in [5, 5.41) is 7.77. The molecule has 124 valence electrons. The Morgan fingerprint density at radius 1 is 1.12 bits per heavy atom. The lowest BCUT2D eigenvalue weighted by Gasteiger charge is -2.09. The van der Waals surface area contributed by atoms with Gasteiger partial charge in [-0.05, 0) is 44.5 Å². The number of aryl methyl sites for hydroxylation is 2. The Hall–Kier alpha value is -2.89. The first kappa shape index (κ1) is 16.0. The zero-order valence-electron chi connectivity index (χ0n) is 14.2. The number of nitrogens with one attached hydrogen (secondary N) is 1. The Balaban J connectivity index is 1.73. The van der Waals surface area contributed by atoms with Gasteiger partial charge in [-0.1, -0.05) is 12.1 Å². The molecule has 0 radical (unpaired) electrons. The van der Waals surface area contributed by atoms with Crippen LogP contribution in [0.4, 0.5) is 5.82 Å². The van der Waals surface area contributed by atoms with Crippen molar-refractivity contribution in [1.82, 2.24) is 19.7 Å². The molecule has 0 fully saturated rings. The van der Waals surface area contributed by atoms with Gasteiger partial charge < -0.3 is 10.1 Å². The maximum absolute atomic E-state index is 5.53. The molecule has 0 saturated heterocycles. The van der Waals surface area contributed by atoms with Gasteiger partial charge in [0.1, 0.15) is 17.9 Å². The largest absolute Gasteiger partial charge is 0.494 e. The molecule has 24 heavy (non-hydrogen) atoms. The molecule has 0 unspecified atom stereocenters. The van der Waals surface area contributed by atoms with Gasteiger partial charge in [-0.2, -0.15) is 5.10 Å². The molecular formula is C18H21N5O. The van der Waals surface area contributed by atoms with Gasteiger partial charge in [0.15, 0.2) is 5.82 Å². The number of aromatic nitrogens is 4. The van der Waals surface area contributed by atoms with Crippen molar-refractivity contribution >= 4 is 5.82 Å². The van der Waals surface area contributed by atoms with Gasteiger partial charge in [0.2, 0.25) is 0 Å². The molecule has 1 N–H and O–H groups in total. The van der Waals surface area contributed by atoms with Crippen molar-refractivity contribution in [2.75, 3.05) is 11.9 Å². The normalized spacial score (nSPS) is 10.6. The Kier molecular flexibility index (Phi) is 4.74. The van der Waals surface area contributed by atoms with Crippen LogP contribution < -0.4 is 10.1 Å². The predicted molar refractivity (Wildman–Crippen MR) is 93.6 cm³/mol. The number of benzene rings is 1. The lowest BCUT2D eigenvalue weighted by atomic mass is 10.2. The lowest BCUT2D eigenvalue weighted by Crippen LogP contribution is -2.06. The van der Waals surface area contributed by atoms with E-state index in [2.05, 4.69) is 26.4 Å². The van der Waals surface area contributed by atoms with Crippen molar-refractivity contribution < 1.29 is 4.74 Å². The number of anilines is 1. The molecular weight excluding hydrogens is 302 g/mol. The van der Waals surface area contributed by atoms with E-state index in [0.29, 0.717) is 13.2 Å². The van der Waals surface area contributed by atoms with Crippen LogP contribution in [0, 0.1) is 13.8 Å². The maximum Gasteiger partial charge on any atom is 0.159 e. The molecule has 3 aromatic rings. The lowest BCUT2D eigenvalue weighted by molar-refractivity contribution is 0.340. The Morgan fingerprint density at radius 2 is 2.00 bits per heavy atom. The smallest absolute Gasteiger partial charge is 0.159 e. The fourth-order valence-electron chi connectivity index (χ4n) is 2.52. The molecule has 3 rings (SSSR count). The van der Waals surface area contributed by atoms with Crippen LogP contribution in [-0.2, 0) is 6.54 Å². The quantitative estimate of drug-likeness (QED) is 0.754. The van der Waals surface area contributed by atoms with Gasteiger partial charge in [0, 0.05) is 18.3 Å². The van der Waals surface area contributed by atoms with E-state index in [1.807, 2.05) is 55.8 Å². The Labute approximate surface area is 141 Å². The second kappa shape index (κ2) is 7.12. The van der Waals surface area contributed by atoms with E-state index in [9.17, 15) is 0 Å². The van der Waals surface area contributed by atoms with E-state index >= 15 is 0 Å². The SMILES string of the molecule is CCOc1cccc(CNc2cc(-n3nc(C)cc3C)ncn2)c1. The van der Waals surface area contributed by atoms with Crippen LogP contribution in [0.25, 0.3) is 5.82 Å². The summed E-state index contributed by atoms with van der Waals surface area (Å²) in [6.07, 6.45) is 1.55. The minimum absolute atomic E-state index is 0.661. The molecule has 0 saturated carbocycles. The van der Waals surface area contributed by atoms with Gasteiger partial charge in [0.05, 0.1) is 12.3 Å². The molecule has 0 aliphatic carbocycles. The molecule has 6 nitrogen and oxygen atoms in total. The van der Waals surface area contributed by atoms with E-state index in [1.54, 1.807) is 6.33 Å². The van der Waals surface area contributed by atoms with E-state index in [4.69, 9.17) is 4.74 Å². The third kappa shape index (κ3) is 3.71. The minimum Gasteiger partial charge on any atom is -0.494 e. The average Bonchev–Trinajstić information content (AvgIpc) is 2.92. The number of nitrogens with zero attached hydrogens (tertiary/aromatic N) is 4. The summed E-state index contributed by atoms with van der Waals surface area (Å²) < 4.78 is 7.34. The van der Waals surface area contributed by atoms with Gasteiger partial charge >= 0.3 is 0 Å². The third-order valence-corrected chi connectivity index (χ3v) is 3.56. The van der Waals surface area contributed by atoms with E-state index in [0.717, 1.165) is 34.3 Å². The van der Waals surface area contributed by atoms with Crippen LogP contribution in [0.3, 0.4) is 0 Å². The molecule has 0 atom stereocenters. The van der Waals surface area contributed by atoms with Gasteiger partial charge in [0.25, 0.3) is 0 Å². The third-order valence-electron chi connectivity index (χ3n) is 3.56. The van der Waals surface area contributed by atoms with Crippen LogP contribution in [0.2, 0.25) is 0 Å². The first-order valence-corrected chi connectivity index (χ1v) is 7.97. The topological polar surface area (TPSA) is 64.9 Å². The van der Waals surface area contributed by atoms with Crippen LogP contribution in [-0.4, -0.2) is 26.4 Å². The summed E-state index contributed by atoms with van der Waals surface area (Å²) in [5.74, 6) is 2.39. The summed E-state index contributed by atoms with van der Waals surface area (Å²) in [5.41, 5.74) is 3.14. The van der Waals surface area contributed by atoms with Crippen molar-refractivity contribution in [3.05, 3.63) is 59.7 Å². The molecule has 0 spiro atoms. The second-order valence-corrected chi connectivity index (χ2v) is 5.53. The molecule has 1 aromatic carbocycles. The first-order chi connectivity index (χ1) is 11.7. The van der Waals surface area contributed by atoms with E-state index in [-0.39, 0.29) is 0 Å². The minimum atomic E-state index is 0.661. The van der Waals surface area contributed by atoms with Gasteiger partial charge in [-0.15, -0.1) is 0 Å².